The molecule has 1 aliphatic heterocycles. The molecule has 0 spiro atoms. The fourth-order valence-electron chi connectivity index (χ4n) is 2.79. The molecule has 2 rings (SSSR count). The minimum absolute atomic E-state index is 0.0411. The molecule has 2 fully saturated rings. The van der Waals surface area contributed by atoms with Crippen molar-refractivity contribution in [3.8, 4) is 0 Å². The largest absolute Gasteiger partial charge is 0.462 e. The van der Waals surface area contributed by atoms with Crippen LogP contribution in [0.15, 0.2) is 0 Å². The molecule has 0 aromatic carbocycles. The molecule has 0 bridgehead atoms. The zero-order valence-electron chi connectivity index (χ0n) is 10.7. The quantitative estimate of drug-likeness (QED) is 0.724. The van der Waals surface area contributed by atoms with Gasteiger partial charge in [0.1, 0.15) is 6.10 Å². The lowest BCUT2D eigenvalue weighted by atomic mass is 9.92. The second-order valence-corrected chi connectivity index (χ2v) is 5.22. The molecular weight excluding hydrogens is 216 g/mol. The number of rotatable bonds is 3. The molecule has 1 heterocycles. The molecule has 0 radical (unpaired) electrons. The third-order valence-electron chi connectivity index (χ3n) is 4.04. The summed E-state index contributed by atoms with van der Waals surface area (Å²) in [5.41, 5.74) is 0. The highest BCUT2D eigenvalue weighted by molar-refractivity contribution is 5.72. The van der Waals surface area contributed by atoms with Crippen molar-refractivity contribution in [3.63, 3.8) is 0 Å². The first kappa shape index (κ1) is 12.8. The Balaban J connectivity index is 1.71. The first-order valence-corrected chi connectivity index (χ1v) is 6.88. The molecule has 98 valence electrons. The Kier molecular flexibility index (Phi) is 4.80. The van der Waals surface area contributed by atoms with Crippen molar-refractivity contribution in [1.29, 1.82) is 0 Å². The Bertz CT molecular complexity index is 244. The van der Waals surface area contributed by atoms with Gasteiger partial charge in [0, 0.05) is 6.04 Å². The van der Waals surface area contributed by atoms with Gasteiger partial charge in [-0.05, 0) is 58.7 Å². The van der Waals surface area contributed by atoms with Crippen LogP contribution in [0, 0.1) is 5.92 Å². The molecular formula is C13H24N2O2. The summed E-state index contributed by atoms with van der Waals surface area (Å²) in [7, 11) is 2.01. The fraction of sp³-hybridized carbons (Fsp3) is 0.923. The summed E-state index contributed by atoms with van der Waals surface area (Å²) in [6, 6.07) is 0.615. The number of nitrogens with one attached hydrogen (secondary N) is 2. The van der Waals surface area contributed by atoms with Gasteiger partial charge in [0.05, 0.1) is 5.92 Å². The zero-order valence-corrected chi connectivity index (χ0v) is 10.7. The summed E-state index contributed by atoms with van der Waals surface area (Å²) in [5.74, 6) is 0.178. The first-order valence-electron chi connectivity index (χ1n) is 6.88. The number of piperidine rings is 1. The van der Waals surface area contributed by atoms with Gasteiger partial charge in [0.25, 0.3) is 0 Å². The monoisotopic (exact) mass is 240 g/mol. The Morgan fingerprint density at radius 2 is 1.76 bits per heavy atom. The predicted molar refractivity (Wildman–Crippen MR) is 66.8 cm³/mol. The van der Waals surface area contributed by atoms with Gasteiger partial charge in [0.15, 0.2) is 0 Å². The molecule has 0 unspecified atom stereocenters. The first-order chi connectivity index (χ1) is 8.29. The number of carbonyl (C=O) groups excluding carboxylic acids is 1. The van der Waals surface area contributed by atoms with E-state index in [-0.39, 0.29) is 18.0 Å². The van der Waals surface area contributed by atoms with Crippen molar-refractivity contribution in [1.82, 2.24) is 10.6 Å². The Morgan fingerprint density at radius 3 is 2.35 bits per heavy atom. The summed E-state index contributed by atoms with van der Waals surface area (Å²) >= 11 is 0. The van der Waals surface area contributed by atoms with Gasteiger partial charge < -0.3 is 15.4 Å². The Hall–Kier alpha value is -0.610. The van der Waals surface area contributed by atoms with Crippen molar-refractivity contribution >= 4 is 5.97 Å². The van der Waals surface area contributed by atoms with Crippen LogP contribution in [0.2, 0.25) is 0 Å². The van der Waals surface area contributed by atoms with Crippen LogP contribution in [0.3, 0.4) is 0 Å². The minimum atomic E-state index is 0.0411. The predicted octanol–water partition coefficient (Wildman–Crippen LogP) is 1.06. The van der Waals surface area contributed by atoms with Gasteiger partial charge in [0.2, 0.25) is 0 Å². The number of esters is 1. The summed E-state index contributed by atoms with van der Waals surface area (Å²) in [5, 5.41) is 6.56. The van der Waals surface area contributed by atoms with Gasteiger partial charge >= 0.3 is 5.97 Å². The molecule has 0 atom stereocenters. The number of carbonyl (C=O) groups is 1. The molecule has 0 aromatic rings. The van der Waals surface area contributed by atoms with Crippen molar-refractivity contribution in [2.75, 3.05) is 20.1 Å². The highest BCUT2D eigenvalue weighted by Crippen LogP contribution is 2.23. The maximum atomic E-state index is 12.0. The van der Waals surface area contributed by atoms with Crippen LogP contribution in [-0.2, 0) is 9.53 Å². The summed E-state index contributed by atoms with van der Waals surface area (Å²) in [6.07, 6.45) is 6.32. The lowest BCUT2D eigenvalue weighted by Crippen LogP contribution is -2.37. The van der Waals surface area contributed by atoms with E-state index >= 15 is 0 Å². The molecule has 4 nitrogen and oxygen atoms in total. The van der Waals surface area contributed by atoms with Gasteiger partial charge in [-0.2, -0.15) is 0 Å². The van der Waals surface area contributed by atoms with Crippen LogP contribution in [-0.4, -0.2) is 38.3 Å². The maximum absolute atomic E-state index is 12.0. The zero-order chi connectivity index (χ0) is 12.1. The van der Waals surface area contributed by atoms with E-state index in [9.17, 15) is 4.79 Å². The van der Waals surface area contributed by atoms with Crippen LogP contribution < -0.4 is 10.6 Å². The van der Waals surface area contributed by atoms with E-state index in [2.05, 4.69) is 10.6 Å². The molecule has 2 N–H and O–H groups in total. The summed E-state index contributed by atoms with van der Waals surface area (Å²) < 4.78 is 5.63. The third-order valence-corrected chi connectivity index (χ3v) is 4.04. The number of hydrogen-bond acceptors (Lipinski definition) is 4. The lowest BCUT2D eigenvalue weighted by Gasteiger charge is -2.30. The highest BCUT2D eigenvalue weighted by Gasteiger charge is 2.27. The second-order valence-electron chi connectivity index (χ2n) is 5.22. The highest BCUT2D eigenvalue weighted by atomic mass is 16.5. The van der Waals surface area contributed by atoms with E-state index < -0.39 is 0 Å². The maximum Gasteiger partial charge on any atom is 0.309 e. The molecule has 1 saturated carbocycles. The van der Waals surface area contributed by atoms with Gasteiger partial charge in [-0.25, -0.2) is 0 Å². The standard InChI is InChI=1S/C13H24N2O2/c1-14-11-2-4-12(5-3-11)17-13(16)10-6-8-15-9-7-10/h10-12,14-15H,2-9H2,1H3. The molecule has 1 aliphatic carbocycles. The number of ether oxygens (including phenoxy) is 1. The summed E-state index contributed by atoms with van der Waals surface area (Å²) in [4.78, 5) is 12.0. The van der Waals surface area contributed by atoms with E-state index in [0.29, 0.717) is 6.04 Å². The summed E-state index contributed by atoms with van der Waals surface area (Å²) in [6.45, 7) is 1.90. The molecule has 17 heavy (non-hydrogen) atoms. The average molecular weight is 240 g/mol. The Morgan fingerprint density at radius 1 is 1.12 bits per heavy atom. The van der Waals surface area contributed by atoms with Gasteiger partial charge in [-0.3, -0.25) is 4.79 Å². The average Bonchev–Trinajstić information content (AvgIpc) is 2.40. The Labute approximate surface area is 103 Å². The van der Waals surface area contributed by atoms with E-state index in [1.54, 1.807) is 0 Å². The second kappa shape index (κ2) is 6.36. The van der Waals surface area contributed by atoms with Gasteiger partial charge in [-0.1, -0.05) is 0 Å². The fourth-order valence-corrected chi connectivity index (χ4v) is 2.79. The van der Waals surface area contributed by atoms with Crippen LogP contribution in [0.1, 0.15) is 38.5 Å². The van der Waals surface area contributed by atoms with Crippen molar-refractivity contribution in [2.45, 2.75) is 50.7 Å². The SMILES string of the molecule is CNC1CCC(OC(=O)C2CCNCC2)CC1. The van der Waals surface area contributed by atoms with Crippen molar-refractivity contribution in [2.24, 2.45) is 5.92 Å². The van der Waals surface area contributed by atoms with Crippen LogP contribution in [0.5, 0.6) is 0 Å². The normalized spacial score (nSPS) is 31.1. The lowest BCUT2D eigenvalue weighted by molar-refractivity contribution is -0.156. The van der Waals surface area contributed by atoms with Crippen LogP contribution in [0.25, 0.3) is 0 Å². The van der Waals surface area contributed by atoms with E-state index in [0.717, 1.165) is 51.6 Å². The van der Waals surface area contributed by atoms with Crippen molar-refractivity contribution < 1.29 is 9.53 Å². The molecule has 0 aromatic heterocycles. The molecule has 4 heteroatoms. The molecule has 2 aliphatic rings. The number of hydrogen-bond donors (Lipinski definition) is 2. The van der Waals surface area contributed by atoms with E-state index in [1.807, 2.05) is 7.05 Å². The molecule has 1 saturated heterocycles. The topological polar surface area (TPSA) is 50.4 Å². The van der Waals surface area contributed by atoms with Crippen molar-refractivity contribution in [3.05, 3.63) is 0 Å². The van der Waals surface area contributed by atoms with Gasteiger partial charge in [-0.15, -0.1) is 0 Å². The van der Waals surface area contributed by atoms with E-state index in [4.69, 9.17) is 4.74 Å². The molecule has 0 amide bonds. The third kappa shape index (κ3) is 3.68. The van der Waals surface area contributed by atoms with E-state index in [1.165, 1.54) is 0 Å². The van der Waals surface area contributed by atoms with Crippen LogP contribution >= 0.6 is 0 Å². The minimum Gasteiger partial charge on any atom is -0.462 e. The smallest absolute Gasteiger partial charge is 0.309 e. The van der Waals surface area contributed by atoms with Crippen LogP contribution in [0.4, 0.5) is 0 Å².